The number of carbonyl (C=O) groups is 2. The number of anilines is 1. The molecule has 0 aliphatic rings. The van der Waals surface area contributed by atoms with Crippen LogP contribution in [0.4, 0.5) is 10.5 Å². The monoisotopic (exact) mass is 374 g/mol. The predicted octanol–water partition coefficient (Wildman–Crippen LogP) is 4.96. The third kappa shape index (κ3) is 6.08. The van der Waals surface area contributed by atoms with Gasteiger partial charge in [0.2, 0.25) is 0 Å². The first kappa shape index (κ1) is 19.8. The molecular weight excluding hydrogens is 352 g/mol. The molecule has 2 rings (SSSR count). The van der Waals surface area contributed by atoms with Crippen LogP contribution in [0.1, 0.15) is 36.7 Å². The van der Waals surface area contributed by atoms with Crippen molar-refractivity contribution in [3.63, 3.8) is 0 Å². The Morgan fingerprint density at radius 1 is 1.12 bits per heavy atom. The smallest absolute Gasteiger partial charge is 0.412 e. The Morgan fingerprint density at radius 2 is 1.77 bits per heavy atom. The van der Waals surface area contributed by atoms with Gasteiger partial charge in [0.1, 0.15) is 5.60 Å². The van der Waals surface area contributed by atoms with E-state index in [1.54, 1.807) is 63.1 Å². The first-order chi connectivity index (χ1) is 12.1. The van der Waals surface area contributed by atoms with Crippen LogP contribution in [0.3, 0.4) is 0 Å². The molecule has 0 aliphatic carbocycles. The standard InChI is InChI=1S/C20H23ClN2O3/c1-20(2,3)26-19(25)22-17-10-8-15(9-11-17)18(24)23(4)13-14-6-5-7-16(21)12-14/h5-12H,13H2,1-4H3,(H,22,25). The van der Waals surface area contributed by atoms with E-state index in [1.165, 1.54) is 0 Å². The Bertz CT molecular complexity index is 782. The fourth-order valence-corrected chi connectivity index (χ4v) is 2.53. The average Bonchev–Trinajstić information content (AvgIpc) is 2.53. The number of carbonyl (C=O) groups excluding carboxylic acids is 2. The van der Waals surface area contributed by atoms with Crippen molar-refractivity contribution in [2.24, 2.45) is 0 Å². The van der Waals surface area contributed by atoms with Gasteiger partial charge >= 0.3 is 6.09 Å². The van der Waals surface area contributed by atoms with Gasteiger partial charge < -0.3 is 9.64 Å². The van der Waals surface area contributed by atoms with Gasteiger partial charge in [-0.2, -0.15) is 0 Å². The maximum absolute atomic E-state index is 12.5. The second kappa shape index (κ2) is 8.23. The van der Waals surface area contributed by atoms with Gasteiger partial charge in [-0.3, -0.25) is 10.1 Å². The minimum absolute atomic E-state index is 0.117. The molecule has 26 heavy (non-hydrogen) atoms. The maximum Gasteiger partial charge on any atom is 0.412 e. The molecule has 0 bridgehead atoms. The lowest BCUT2D eigenvalue weighted by atomic mass is 10.1. The van der Waals surface area contributed by atoms with Gasteiger partial charge in [0.05, 0.1) is 0 Å². The van der Waals surface area contributed by atoms with Crippen molar-refractivity contribution in [2.75, 3.05) is 12.4 Å². The lowest BCUT2D eigenvalue weighted by Gasteiger charge is -2.20. The first-order valence-electron chi connectivity index (χ1n) is 8.24. The Morgan fingerprint density at radius 3 is 2.35 bits per heavy atom. The molecule has 0 spiro atoms. The van der Waals surface area contributed by atoms with Crippen molar-refractivity contribution in [1.82, 2.24) is 4.90 Å². The van der Waals surface area contributed by atoms with Crippen molar-refractivity contribution >= 4 is 29.3 Å². The second-order valence-electron chi connectivity index (χ2n) is 7.00. The van der Waals surface area contributed by atoms with Crippen LogP contribution in [0.15, 0.2) is 48.5 Å². The number of ether oxygens (including phenoxy) is 1. The highest BCUT2D eigenvalue weighted by molar-refractivity contribution is 6.30. The maximum atomic E-state index is 12.5. The molecule has 0 unspecified atom stereocenters. The third-order valence-corrected chi connectivity index (χ3v) is 3.67. The zero-order valence-corrected chi connectivity index (χ0v) is 16.1. The summed E-state index contributed by atoms with van der Waals surface area (Å²) in [6.07, 6.45) is -0.533. The lowest BCUT2D eigenvalue weighted by Crippen LogP contribution is -2.27. The van der Waals surface area contributed by atoms with E-state index in [0.717, 1.165) is 5.56 Å². The summed E-state index contributed by atoms with van der Waals surface area (Å²) in [6.45, 7) is 5.84. The Hall–Kier alpha value is -2.53. The fraction of sp³-hybridized carbons (Fsp3) is 0.300. The normalized spacial score (nSPS) is 11.0. The van der Waals surface area contributed by atoms with Gasteiger partial charge in [-0.1, -0.05) is 23.7 Å². The molecule has 0 atom stereocenters. The van der Waals surface area contributed by atoms with E-state index in [-0.39, 0.29) is 5.91 Å². The number of rotatable bonds is 4. The number of benzene rings is 2. The molecule has 2 amide bonds. The lowest BCUT2D eigenvalue weighted by molar-refractivity contribution is 0.0635. The van der Waals surface area contributed by atoms with E-state index >= 15 is 0 Å². The van der Waals surface area contributed by atoms with Crippen molar-refractivity contribution in [1.29, 1.82) is 0 Å². The number of nitrogens with zero attached hydrogens (tertiary/aromatic N) is 1. The van der Waals surface area contributed by atoms with E-state index in [0.29, 0.717) is 22.8 Å². The molecule has 5 nitrogen and oxygen atoms in total. The zero-order chi connectivity index (χ0) is 19.3. The van der Waals surface area contributed by atoms with Crippen molar-refractivity contribution < 1.29 is 14.3 Å². The van der Waals surface area contributed by atoms with Crippen LogP contribution in [0.2, 0.25) is 5.02 Å². The number of halogens is 1. The summed E-state index contributed by atoms with van der Waals surface area (Å²) in [5.74, 6) is -0.117. The molecule has 0 heterocycles. The van der Waals surface area contributed by atoms with Crippen LogP contribution >= 0.6 is 11.6 Å². The molecule has 6 heteroatoms. The van der Waals surface area contributed by atoms with Crippen molar-refractivity contribution in [3.05, 3.63) is 64.7 Å². The van der Waals surface area contributed by atoms with E-state index in [9.17, 15) is 9.59 Å². The van der Waals surface area contributed by atoms with Crippen LogP contribution in [0.5, 0.6) is 0 Å². The predicted molar refractivity (Wildman–Crippen MR) is 104 cm³/mol. The SMILES string of the molecule is CN(Cc1cccc(Cl)c1)C(=O)c1ccc(NC(=O)OC(C)(C)C)cc1. The largest absolute Gasteiger partial charge is 0.444 e. The Balaban J connectivity index is 1.98. The number of hydrogen-bond donors (Lipinski definition) is 1. The molecule has 1 N–H and O–H groups in total. The summed E-state index contributed by atoms with van der Waals surface area (Å²) in [6, 6.07) is 14.1. The molecular formula is C20H23ClN2O3. The minimum Gasteiger partial charge on any atom is -0.444 e. The van der Waals surface area contributed by atoms with Gasteiger partial charge in [-0.25, -0.2) is 4.79 Å². The van der Waals surface area contributed by atoms with Crippen LogP contribution in [0, 0.1) is 0 Å². The second-order valence-corrected chi connectivity index (χ2v) is 7.43. The summed E-state index contributed by atoms with van der Waals surface area (Å²) < 4.78 is 5.20. The van der Waals surface area contributed by atoms with Crippen molar-refractivity contribution in [3.8, 4) is 0 Å². The average molecular weight is 375 g/mol. The number of amides is 2. The van der Waals surface area contributed by atoms with Gasteiger partial charge in [-0.15, -0.1) is 0 Å². The minimum atomic E-state index is -0.566. The van der Waals surface area contributed by atoms with Gasteiger partial charge in [0.25, 0.3) is 5.91 Å². The van der Waals surface area contributed by atoms with E-state index in [2.05, 4.69) is 5.32 Å². The summed E-state index contributed by atoms with van der Waals surface area (Å²) in [7, 11) is 1.73. The highest BCUT2D eigenvalue weighted by Gasteiger charge is 2.17. The highest BCUT2D eigenvalue weighted by atomic mass is 35.5. The molecule has 0 fully saturated rings. The van der Waals surface area contributed by atoms with Gasteiger partial charge in [0.15, 0.2) is 0 Å². The van der Waals surface area contributed by atoms with Gasteiger partial charge in [0, 0.05) is 29.9 Å². The molecule has 2 aromatic rings. The molecule has 0 radical (unpaired) electrons. The van der Waals surface area contributed by atoms with E-state index in [1.807, 2.05) is 18.2 Å². The van der Waals surface area contributed by atoms with Gasteiger partial charge in [-0.05, 0) is 62.7 Å². The summed E-state index contributed by atoms with van der Waals surface area (Å²) in [4.78, 5) is 25.9. The van der Waals surface area contributed by atoms with Crippen molar-refractivity contribution in [2.45, 2.75) is 32.9 Å². The van der Waals surface area contributed by atoms with Crippen LogP contribution in [-0.2, 0) is 11.3 Å². The topological polar surface area (TPSA) is 58.6 Å². The molecule has 2 aromatic carbocycles. The van der Waals surface area contributed by atoms with E-state index < -0.39 is 11.7 Å². The molecule has 138 valence electrons. The third-order valence-electron chi connectivity index (χ3n) is 3.43. The Labute approximate surface area is 158 Å². The first-order valence-corrected chi connectivity index (χ1v) is 8.62. The quantitative estimate of drug-likeness (QED) is 0.822. The molecule has 0 aromatic heterocycles. The summed E-state index contributed by atoms with van der Waals surface area (Å²) in [5, 5.41) is 3.28. The number of nitrogens with one attached hydrogen (secondary N) is 1. The fourth-order valence-electron chi connectivity index (χ4n) is 2.32. The Kier molecular flexibility index (Phi) is 6.27. The molecule has 0 saturated carbocycles. The highest BCUT2D eigenvalue weighted by Crippen LogP contribution is 2.16. The number of hydrogen-bond acceptors (Lipinski definition) is 3. The zero-order valence-electron chi connectivity index (χ0n) is 15.4. The summed E-state index contributed by atoms with van der Waals surface area (Å²) >= 11 is 5.98. The summed E-state index contributed by atoms with van der Waals surface area (Å²) in [5.41, 5.74) is 1.48. The molecule has 0 aliphatic heterocycles. The van der Waals surface area contributed by atoms with Crippen LogP contribution < -0.4 is 5.32 Å². The van der Waals surface area contributed by atoms with Crippen LogP contribution in [-0.4, -0.2) is 29.5 Å². The van der Waals surface area contributed by atoms with E-state index in [4.69, 9.17) is 16.3 Å². The van der Waals surface area contributed by atoms with Crippen LogP contribution in [0.25, 0.3) is 0 Å². The molecule has 0 saturated heterocycles.